The van der Waals surface area contributed by atoms with Crippen molar-refractivity contribution in [2.75, 3.05) is 32.1 Å². The molecule has 8 heteroatoms. The highest BCUT2D eigenvalue weighted by Crippen LogP contribution is 2.23. The molecule has 1 N–H and O–H groups in total. The number of nitrogens with zero attached hydrogens (tertiary/aromatic N) is 3. The van der Waals surface area contributed by atoms with E-state index in [0.29, 0.717) is 37.3 Å². The van der Waals surface area contributed by atoms with Gasteiger partial charge in [-0.15, -0.1) is 0 Å². The Morgan fingerprint density at radius 2 is 1.89 bits per heavy atom. The molecular weight excluding hydrogens is 427 g/mol. The van der Waals surface area contributed by atoms with E-state index < -0.39 is 11.7 Å². The van der Waals surface area contributed by atoms with E-state index in [4.69, 9.17) is 0 Å². The standard InChI is InChI=1S/C20H22BrFN4O2/c1-25(2)18-16(11-13(21)12-23-18)20(28)26-9-7-14(8-10-26)24-19(27)15-5-3-4-6-17(15)22/h3-6,11-12,14H,7-10H2,1-2H3,(H,24,27). The Morgan fingerprint density at radius 1 is 1.21 bits per heavy atom. The van der Waals surface area contributed by atoms with Gasteiger partial charge in [-0.05, 0) is 47.0 Å². The number of carbonyl (C=O) groups is 2. The van der Waals surface area contributed by atoms with Gasteiger partial charge in [0.05, 0.1) is 11.1 Å². The molecule has 0 atom stereocenters. The lowest BCUT2D eigenvalue weighted by molar-refractivity contribution is 0.0698. The number of pyridine rings is 1. The summed E-state index contributed by atoms with van der Waals surface area (Å²) in [5.41, 5.74) is 0.574. The van der Waals surface area contributed by atoms with Crippen LogP contribution in [0.25, 0.3) is 0 Å². The van der Waals surface area contributed by atoms with Gasteiger partial charge in [0.2, 0.25) is 0 Å². The molecule has 0 unspecified atom stereocenters. The van der Waals surface area contributed by atoms with Gasteiger partial charge in [-0.2, -0.15) is 0 Å². The summed E-state index contributed by atoms with van der Waals surface area (Å²) in [5.74, 6) is -0.431. The second kappa shape index (κ2) is 8.68. The van der Waals surface area contributed by atoms with Crippen molar-refractivity contribution in [2.24, 2.45) is 0 Å². The van der Waals surface area contributed by atoms with Gasteiger partial charge in [-0.1, -0.05) is 12.1 Å². The molecule has 0 spiro atoms. The number of halogens is 2. The van der Waals surface area contributed by atoms with Crippen LogP contribution in [0.5, 0.6) is 0 Å². The molecule has 0 aliphatic carbocycles. The van der Waals surface area contributed by atoms with Gasteiger partial charge in [-0.25, -0.2) is 9.37 Å². The molecule has 1 aromatic heterocycles. The molecule has 2 amide bonds. The first-order chi connectivity index (χ1) is 13.4. The van der Waals surface area contributed by atoms with E-state index in [2.05, 4.69) is 26.2 Å². The Kier molecular flexibility index (Phi) is 6.28. The molecule has 2 aromatic rings. The summed E-state index contributed by atoms with van der Waals surface area (Å²) in [6, 6.07) is 7.60. The number of rotatable bonds is 4. The van der Waals surface area contributed by atoms with Crippen molar-refractivity contribution in [1.29, 1.82) is 0 Å². The van der Waals surface area contributed by atoms with Crippen molar-refractivity contribution in [2.45, 2.75) is 18.9 Å². The molecule has 1 aliphatic rings. The minimum absolute atomic E-state index is 0.0387. The summed E-state index contributed by atoms with van der Waals surface area (Å²) >= 11 is 3.37. The molecule has 0 saturated carbocycles. The van der Waals surface area contributed by atoms with Crippen molar-refractivity contribution < 1.29 is 14.0 Å². The molecule has 1 fully saturated rings. The number of aromatic nitrogens is 1. The van der Waals surface area contributed by atoms with Crippen molar-refractivity contribution in [3.05, 3.63) is 57.9 Å². The molecule has 6 nitrogen and oxygen atoms in total. The number of amides is 2. The Hall–Kier alpha value is -2.48. The first-order valence-corrected chi connectivity index (χ1v) is 9.83. The summed E-state index contributed by atoms with van der Waals surface area (Å²) in [4.78, 5) is 33.2. The second-order valence-electron chi connectivity index (χ2n) is 6.94. The molecular formula is C20H22BrFN4O2. The quantitative estimate of drug-likeness (QED) is 0.780. The number of carbonyl (C=O) groups excluding carboxylic acids is 2. The lowest BCUT2D eigenvalue weighted by Gasteiger charge is -2.33. The maximum absolute atomic E-state index is 13.8. The van der Waals surface area contributed by atoms with Gasteiger partial charge in [-0.3, -0.25) is 9.59 Å². The average molecular weight is 449 g/mol. The second-order valence-corrected chi connectivity index (χ2v) is 7.85. The van der Waals surface area contributed by atoms with E-state index in [0.717, 1.165) is 4.47 Å². The van der Waals surface area contributed by atoms with E-state index in [9.17, 15) is 14.0 Å². The Morgan fingerprint density at radius 3 is 2.54 bits per heavy atom. The van der Waals surface area contributed by atoms with Crippen LogP contribution in [0.3, 0.4) is 0 Å². The smallest absolute Gasteiger partial charge is 0.257 e. The van der Waals surface area contributed by atoms with Crippen LogP contribution < -0.4 is 10.2 Å². The summed E-state index contributed by atoms with van der Waals surface area (Å²) in [7, 11) is 3.69. The van der Waals surface area contributed by atoms with Crippen LogP contribution in [-0.4, -0.2) is 54.9 Å². The number of benzene rings is 1. The largest absolute Gasteiger partial charge is 0.362 e. The number of hydrogen-bond acceptors (Lipinski definition) is 4. The van der Waals surface area contributed by atoms with E-state index in [1.165, 1.54) is 12.1 Å². The molecule has 1 aromatic carbocycles. The van der Waals surface area contributed by atoms with Gasteiger partial charge < -0.3 is 15.1 Å². The first-order valence-electron chi connectivity index (χ1n) is 9.04. The minimum atomic E-state index is -0.536. The highest BCUT2D eigenvalue weighted by molar-refractivity contribution is 9.10. The van der Waals surface area contributed by atoms with Crippen molar-refractivity contribution in [3.8, 4) is 0 Å². The zero-order chi connectivity index (χ0) is 20.3. The molecule has 1 aliphatic heterocycles. The van der Waals surface area contributed by atoms with Crippen LogP contribution in [0.4, 0.5) is 10.2 Å². The predicted molar refractivity (Wildman–Crippen MR) is 109 cm³/mol. The van der Waals surface area contributed by atoms with Gasteiger partial charge in [0.1, 0.15) is 11.6 Å². The predicted octanol–water partition coefficient (Wildman–Crippen LogP) is 3.08. The Balaban J connectivity index is 1.63. The number of hydrogen-bond donors (Lipinski definition) is 1. The van der Waals surface area contributed by atoms with Crippen molar-refractivity contribution >= 4 is 33.6 Å². The molecule has 0 radical (unpaired) electrons. The molecule has 148 valence electrons. The number of likely N-dealkylation sites (tertiary alicyclic amines) is 1. The van der Waals surface area contributed by atoms with Crippen LogP contribution in [0, 0.1) is 5.82 Å². The topological polar surface area (TPSA) is 65.5 Å². The van der Waals surface area contributed by atoms with E-state index in [1.807, 2.05) is 14.1 Å². The fraction of sp³-hybridized carbons (Fsp3) is 0.350. The fourth-order valence-corrected chi connectivity index (χ4v) is 3.58. The van der Waals surface area contributed by atoms with Crippen LogP contribution >= 0.6 is 15.9 Å². The number of nitrogens with one attached hydrogen (secondary N) is 1. The van der Waals surface area contributed by atoms with E-state index in [-0.39, 0.29) is 17.5 Å². The highest BCUT2D eigenvalue weighted by Gasteiger charge is 2.27. The van der Waals surface area contributed by atoms with Gasteiger partial charge in [0.25, 0.3) is 11.8 Å². The Labute approximate surface area is 171 Å². The van der Waals surface area contributed by atoms with Crippen LogP contribution in [0.1, 0.15) is 33.6 Å². The summed E-state index contributed by atoms with van der Waals surface area (Å²) < 4.78 is 14.5. The lowest BCUT2D eigenvalue weighted by Crippen LogP contribution is -2.46. The fourth-order valence-electron chi connectivity index (χ4n) is 3.25. The normalized spacial score (nSPS) is 14.6. The summed E-state index contributed by atoms with van der Waals surface area (Å²) in [6.45, 7) is 1.03. The van der Waals surface area contributed by atoms with Crippen LogP contribution in [0.15, 0.2) is 41.0 Å². The zero-order valence-electron chi connectivity index (χ0n) is 15.8. The number of piperidine rings is 1. The lowest BCUT2D eigenvalue weighted by atomic mass is 10.0. The maximum Gasteiger partial charge on any atom is 0.257 e. The first kappa shape index (κ1) is 20.3. The minimum Gasteiger partial charge on any atom is -0.362 e. The zero-order valence-corrected chi connectivity index (χ0v) is 17.4. The van der Waals surface area contributed by atoms with Gasteiger partial charge in [0.15, 0.2) is 0 Å². The monoisotopic (exact) mass is 448 g/mol. The molecule has 0 bridgehead atoms. The van der Waals surface area contributed by atoms with E-state index >= 15 is 0 Å². The Bertz CT molecular complexity index is 882. The SMILES string of the molecule is CN(C)c1ncc(Br)cc1C(=O)N1CCC(NC(=O)c2ccccc2F)CC1. The van der Waals surface area contributed by atoms with Crippen molar-refractivity contribution in [3.63, 3.8) is 0 Å². The third-order valence-corrected chi connectivity index (χ3v) is 5.16. The maximum atomic E-state index is 13.8. The van der Waals surface area contributed by atoms with Crippen LogP contribution in [-0.2, 0) is 0 Å². The van der Waals surface area contributed by atoms with Crippen molar-refractivity contribution in [1.82, 2.24) is 15.2 Å². The number of anilines is 1. The van der Waals surface area contributed by atoms with Gasteiger partial charge in [0, 0.05) is 43.9 Å². The van der Waals surface area contributed by atoms with E-state index in [1.54, 1.807) is 34.2 Å². The molecule has 1 saturated heterocycles. The average Bonchev–Trinajstić information content (AvgIpc) is 2.68. The van der Waals surface area contributed by atoms with Gasteiger partial charge >= 0.3 is 0 Å². The molecule has 28 heavy (non-hydrogen) atoms. The molecule has 3 rings (SSSR count). The highest BCUT2D eigenvalue weighted by atomic mass is 79.9. The summed E-state index contributed by atoms with van der Waals surface area (Å²) in [5, 5.41) is 2.87. The third kappa shape index (κ3) is 4.49. The molecule has 2 heterocycles. The van der Waals surface area contributed by atoms with Crippen LogP contribution in [0.2, 0.25) is 0 Å². The third-order valence-electron chi connectivity index (χ3n) is 4.72. The summed E-state index contributed by atoms with van der Waals surface area (Å²) in [6.07, 6.45) is 2.89.